The highest BCUT2D eigenvalue weighted by Gasteiger charge is 2.05. The molecule has 1 N–H and O–H groups in total. The number of carboxylic acids is 1. The summed E-state index contributed by atoms with van der Waals surface area (Å²) in [5.41, 5.74) is 0.446. The zero-order chi connectivity index (χ0) is 10.5. The van der Waals surface area contributed by atoms with Crippen molar-refractivity contribution < 1.29 is 14.4 Å². The zero-order valence-corrected chi connectivity index (χ0v) is 9.00. The molecule has 0 rings (SSSR count). The molecule has 0 aromatic heterocycles. The molecule has 13 heavy (non-hydrogen) atoms. The Balaban J connectivity index is 3.68. The number of unbranched alkanes of at least 4 members (excludes halogenated alkanes) is 1. The van der Waals surface area contributed by atoms with Gasteiger partial charge in [-0.3, -0.25) is 0 Å². The first-order chi connectivity index (χ1) is 5.83. The second kappa shape index (κ2) is 5.02. The van der Waals surface area contributed by atoms with Gasteiger partial charge in [-0.2, -0.15) is 0 Å². The summed E-state index contributed by atoms with van der Waals surface area (Å²) in [6.07, 6.45) is 3.68. The first-order valence-corrected chi connectivity index (χ1v) is 4.53. The van der Waals surface area contributed by atoms with Gasteiger partial charge in [0.05, 0.1) is 27.7 Å². The number of allylic oxidation sites excluding steroid dienone is 1. The van der Waals surface area contributed by atoms with Crippen molar-refractivity contribution in [2.24, 2.45) is 0 Å². The topological polar surface area (TPSA) is 37.3 Å². The van der Waals surface area contributed by atoms with Crippen LogP contribution in [-0.4, -0.2) is 43.2 Å². The molecule has 76 valence electrons. The fourth-order valence-corrected chi connectivity index (χ4v) is 0.972. The standard InChI is InChI=1S/C10H19NO2/c1-9(10(12)13)7-5-6-8-11(2,3)4/h7H,5-6,8H2,1-4H3/p+1/b9-7+. The summed E-state index contributed by atoms with van der Waals surface area (Å²) in [6.45, 7) is 2.71. The van der Waals surface area contributed by atoms with E-state index >= 15 is 0 Å². The molecule has 0 atom stereocenters. The third-order valence-corrected chi connectivity index (χ3v) is 1.82. The number of nitrogens with zero attached hydrogens (tertiary/aromatic N) is 1. The Bertz CT molecular complexity index is 201. The molecule has 0 bridgehead atoms. The monoisotopic (exact) mass is 186 g/mol. The molecule has 0 fully saturated rings. The first kappa shape index (κ1) is 12.2. The van der Waals surface area contributed by atoms with Crippen LogP contribution in [0.2, 0.25) is 0 Å². The van der Waals surface area contributed by atoms with Crippen LogP contribution >= 0.6 is 0 Å². The minimum atomic E-state index is -0.815. The van der Waals surface area contributed by atoms with E-state index < -0.39 is 5.97 Å². The van der Waals surface area contributed by atoms with Crippen LogP contribution in [0.25, 0.3) is 0 Å². The first-order valence-electron chi connectivity index (χ1n) is 4.53. The molecular formula is C10H20NO2+. The Morgan fingerprint density at radius 1 is 1.38 bits per heavy atom. The molecule has 0 spiro atoms. The summed E-state index contributed by atoms with van der Waals surface area (Å²) in [7, 11) is 6.40. The van der Waals surface area contributed by atoms with Gasteiger partial charge in [0.1, 0.15) is 0 Å². The predicted molar refractivity (Wildman–Crippen MR) is 53.5 cm³/mol. The number of aliphatic carboxylic acids is 1. The smallest absolute Gasteiger partial charge is 0.330 e. The molecule has 3 nitrogen and oxygen atoms in total. The third-order valence-electron chi connectivity index (χ3n) is 1.82. The molecule has 0 saturated heterocycles. The van der Waals surface area contributed by atoms with Gasteiger partial charge in [-0.25, -0.2) is 4.79 Å². The third kappa shape index (κ3) is 7.53. The molecule has 3 heteroatoms. The van der Waals surface area contributed by atoms with Crippen molar-refractivity contribution in [3.05, 3.63) is 11.6 Å². The van der Waals surface area contributed by atoms with Crippen molar-refractivity contribution in [3.8, 4) is 0 Å². The molecule has 0 aliphatic rings. The van der Waals surface area contributed by atoms with Crippen LogP contribution in [0, 0.1) is 0 Å². The summed E-state index contributed by atoms with van der Waals surface area (Å²) < 4.78 is 0.931. The summed E-state index contributed by atoms with van der Waals surface area (Å²) >= 11 is 0. The van der Waals surface area contributed by atoms with E-state index in [1.165, 1.54) is 0 Å². The quantitative estimate of drug-likeness (QED) is 0.401. The lowest BCUT2D eigenvalue weighted by molar-refractivity contribution is -0.870. The Hall–Kier alpha value is -0.830. The van der Waals surface area contributed by atoms with Crippen molar-refractivity contribution in [2.75, 3.05) is 27.7 Å². The lowest BCUT2D eigenvalue weighted by Gasteiger charge is -2.23. The number of hydrogen-bond acceptors (Lipinski definition) is 1. The Morgan fingerprint density at radius 2 is 1.92 bits per heavy atom. The van der Waals surface area contributed by atoms with E-state index in [9.17, 15) is 4.79 Å². The number of carbonyl (C=O) groups is 1. The Kier molecular flexibility index (Phi) is 4.70. The zero-order valence-electron chi connectivity index (χ0n) is 9.00. The van der Waals surface area contributed by atoms with Crippen LogP contribution in [0.1, 0.15) is 19.8 Å². The van der Waals surface area contributed by atoms with Crippen molar-refractivity contribution in [1.82, 2.24) is 0 Å². The number of rotatable bonds is 5. The van der Waals surface area contributed by atoms with E-state index in [0.717, 1.165) is 23.9 Å². The minimum Gasteiger partial charge on any atom is -0.478 e. The molecule has 0 amide bonds. The summed E-state index contributed by atoms with van der Waals surface area (Å²) in [5.74, 6) is -0.815. The molecule has 0 aromatic carbocycles. The van der Waals surface area contributed by atoms with Crippen molar-refractivity contribution in [1.29, 1.82) is 0 Å². The molecule has 0 unspecified atom stereocenters. The van der Waals surface area contributed by atoms with Gasteiger partial charge in [-0.05, 0) is 13.3 Å². The summed E-state index contributed by atoms with van der Waals surface area (Å²) in [4.78, 5) is 10.4. The van der Waals surface area contributed by atoms with E-state index in [0.29, 0.717) is 5.57 Å². The molecule has 0 radical (unpaired) electrons. The lowest BCUT2D eigenvalue weighted by atomic mass is 10.2. The normalized spacial score (nSPS) is 13.1. The minimum absolute atomic E-state index is 0.446. The van der Waals surface area contributed by atoms with Gasteiger partial charge in [0.25, 0.3) is 0 Å². The largest absolute Gasteiger partial charge is 0.478 e. The van der Waals surface area contributed by atoms with Crippen LogP contribution < -0.4 is 0 Å². The van der Waals surface area contributed by atoms with Crippen LogP contribution in [0.5, 0.6) is 0 Å². The second-order valence-electron chi connectivity index (χ2n) is 4.35. The van der Waals surface area contributed by atoms with Crippen LogP contribution in [0.4, 0.5) is 0 Å². The summed E-state index contributed by atoms with van der Waals surface area (Å²) in [5, 5.41) is 8.57. The highest BCUT2D eigenvalue weighted by atomic mass is 16.4. The highest BCUT2D eigenvalue weighted by Crippen LogP contribution is 2.01. The fourth-order valence-electron chi connectivity index (χ4n) is 0.972. The van der Waals surface area contributed by atoms with E-state index in [2.05, 4.69) is 21.1 Å². The lowest BCUT2D eigenvalue weighted by Crippen LogP contribution is -2.35. The molecule has 0 saturated carbocycles. The van der Waals surface area contributed by atoms with Gasteiger partial charge < -0.3 is 9.59 Å². The number of carboxylic acid groups (broad SMARTS) is 1. The Morgan fingerprint density at radius 3 is 2.31 bits per heavy atom. The number of hydrogen-bond donors (Lipinski definition) is 1. The maximum Gasteiger partial charge on any atom is 0.330 e. The molecule has 0 aliphatic heterocycles. The van der Waals surface area contributed by atoms with Gasteiger partial charge in [0.2, 0.25) is 0 Å². The van der Waals surface area contributed by atoms with Gasteiger partial charge in [-0.15, -0.1) is 0 Å². The average Bonchev–Trinajstić information content (AvgIpc) is 1.95. The van der Waals surface area contributed by atoms with E-state index in [-0.39, 0.29) is 0 Å². The second-order valence-corrected chi connectivity index (χ2v) is 4.35. The maximum atomic E-state index is 10.4. The number of quaternary nitrogens is 1. The van der Waals surface area contributed by atoms with Gasteiger partial charge >= 0.3 is 5.97 Å². The fraction of sp³-hybridized carbons (Fsp3) is 0.700. The van der Waals surface area contributed by atoms with Crippen molar-refractivity contribution in [2.45, 2.75) is 19.8 Å². The maximum absolute atomic E-state index is 10.4. The van der Waals surface area contributed by atoms with Crippen LogP contribution in [0.15, 0.2) is 11.6 Å². The molecule has 0 heterocycles. The SMILES string of the molecule is C/C(=C\CCC[N+](C)(C)C)C(=O)O. The van der Waals surface area contributed by atoms with Crippen LogP contribution in [0.3, 0.4) is 0 Å². The predicted octanol–water partition coefficient (Wildman–Crippen LogP) is 1.50. The van der Waals surface area contributed by atoms with E-state index in [1.807, 2.05) is 0 Å². The van der Waals surface area contributed by atoms with E-state index in [4.69, 9.17) is 5.11 Å². The highest BCUT2D eigenvalue weighted by molar-refractivity contribution is 5.85. The van der Waals surface area contributed by atoms with Gasteiger partial charge in [0.15, 0.2) is 0 Å². The molecule has 0 aromatic rings. The van der Waals surface area contributed by atoms with Gasteiger partial charge in [-0.1, -0.05) is 6.08 Å². The van der Waals surface area contributed by atoms with E-state index in [1.54, 1.807) is 13.0 Å². The Labute approximate surface area is 80.3 Å². The summed E-state index contributed by atoms with van der Waals surface area (Å²) in [6, 6.07) is 0. The van der Waals surface area contributed by atoms with Crippen molar-refractivity contribution in [3.63, 3.8) is 0 Å². The van der Waals surface area contributed by atoms with Crippen molar-refractivity contribution >= 4 is 5.97 Å². The molecular weight excluding hydrogens is 166 g/mol. The van der Waals surface area contributed by atoms with Crippen LogP contribution in [-0.2, 0) is 4.79 Å². The molecule has 0 aliphatic carbocycles. The van der Waals surface area contributed by atoms with Gasteiger partial charge in [0, 0.05) is 12.0 Å². The average molecular weight is 186 g/mol.